The molecule has 1 unspecified atom stereocenters. The lowest BCUT2D eigenvalue weighted by molar-refractivity contribution is 0.0140. The molecule has 0 radical (unpaired) electrons. The van der Waals surface area contributed by atoms with Crippen molar-refractivity contribution in [2.24, 2.45) is 5.92 Å². The van der Waals surface area contributed by atoms with E-state index in [0.717, 1.165) is 5.56 Å². The van der Waals surface area contributed by atoms with Crippen molar-refractivity contribution in [3.63, 3.8) is 0 Å². The quantitative estimate of drug-likeness (QED) is 0.742. The monoisotopic (exact) mass is 230 g/mol. The molecular formula is C12H16ClFO. The van der Waals surface area contributed by atoms with Crippen LogP contribution in [0.5, 0.6) is 0 Å². The van der Waals surface area contributed by atoms with E-state index in [-0.39, 0.29) is 18.6 Å². The number of benzene rings is 1. The standard InChI is InChI=1S/C12H16ClFO/c1-9(2)12(15-8-7-14)10-5-3-4-6-11(10)13/h3-6,9,12H,7-8H2,1-2H3. The first-order valence-electron chi connectivity index (χ1n) is 5.08. The van der Waals surface area contributed by atoms with Gasteiger partial charge in [-0.3, -0.25) is 0 Å². The second-order valence-electron chi connectivity index (χ2n) is 3.75. The first-order valence-corrected chi connectivity index (χ1v) is 5.46. The van der Waals surface area contributed by atoms with Crippen LogP contribution in [0.2, 0.25) is 5.02 Å². The highest BCUT2D eigenvalue weighted by molar-refractivity contribution is 6.31. The molecule has 3 heteroatoms. The number of hydrogen-bond acceptors (Lipinski definition) is 1. The zero-order valence-electron chi connectivity index (χ0n) is 9.04. The van der Waals surface area contributed by atoms with Gasteiger partial charge in [-0.2, -0.15) is 0 Å². The maximum absolute atomic E-state index is 12.1. The van der Waals surface area contributed by atoms with Crippen molar-refractivity contribution in [1.82, 2.24) is 0 Å². The molecule has 1 atom stereocenters. The number of halogens is 2. The fraction of sp³-hybridized carbons (Fsp3) is 0.500. The molecule has 1 nitrogen and oxygen atoms in total. The summed E-state index contributed by atoms with van der Waals surface area (Å²) >= 11 is 6.07. The molecule has 0 heterocycles. The Morgan fingerprint density at radius 1 is 1.33 bits per heavy atom. The van der Waals surface area contributed by atoms with Crippen LogP contribution in [0.1, 0.15) is 25.5 Å². The Labute approximate surface area is 95.2 Å². The summed E-state index contributed by atoms with van der Waals surface area (Å²) in [6.45, 7) is 3.72. The molecule has 0 aliphatic heterocycles. The third-order valence-electron chi connectivity index (χ3n) is 2.19. The smallest absolute Gasteiger partial charge is 0.113 e. The van der Waals surface area contributed by atoms with Crippen molar-refractivity contribution in [3.8, 4) is 0 Å². The predicted octanol–water partition coefficient (Wildman–Crippen LogP) is 4.02. The van der Waals surface area contributed by atoms with Gasteiger partial charge in [0.2, 0.25) is 0 Å². The van der Waals surface area contributed by atoms with Gasteiger partial charge in [-0.1, -0.05) is 43.6 Å². The number of rotatable bonds is 5. The normalized spacial score (nSPS) is 13.1. The topological polar surface area (TPSA) is 9.23 Å². The number of alkyl halides is 1. The van der Waals surface area contributed by atoms with E-state index in [9.17, 15) is 4.39 Å². The molecule has 0 N–H and O–H groups in total. The summed E-state index contributed by atoms with van der Waals surface area (Å²) < 4.78 is 17.5. The second-order valence-corrected chi connectivity index (χ2v) is 4.15. The van der Waals surface area contributed by atoms with Gasteiger partial charge in [-0.15, -0.1) is 0 Å². The SMILES string of the molecule is CC(C)C(OCCF)c1ccccc1Cl. The van der Waals surface area contributed by atoms with Crippen LogP contribution in [0.3, 0.4) is 0 Å². The first kappa shape index (κ1) is 12.5. The van der Waals surface area contributed by atoms with Crippen LogP contribution >= 0.6 is 11.6 Å². The van der Waals surface area contributed by atoms with Crippen LogP contribution < -0.4 is 0 Å². The molecule has 0 aromatic heterocycles. The lowest BCUT2D eigenvalue weighted by Crippen LogP contribution is -2.13. The summed E-state index contributed by atoms with van der Waals surface area (Å²) in [6, 6.07) is 7.53. The molecule has 0 spiro atoms. The van der Waals surface area contributed by atoms with Crippen LogP contribution in [0.15, 0.2) is 24.3 Å². The zero-order chi connectivity index (χ0) is 11.3. The average Bonchev–Trinajstić information content (AvgIpc) is 2.20. The summed E-state index contributed by atoms with van der Waals surface area (Å²) in [4.78, 5) is 0. The molecule has 0 bridgehead atoms. The molecule has 0 aliphatic rings. The summed E-state index contributed by atoms with van der Waals surface area (Å²) in [5.41, 5.74) is 0.933. The van der Waals surface area contributed by atoms with E-state index in [2.05, 4.69) is 0 Å². The highest BCUT2D eigenvalue weighted by atomic mass is 35.5. The zero-order valence-corrected chi connectivity index (χ0v) is 9.80. The molecule has 0 saturated carbocycles. The Balaban J connectivity index is 2.84. The van der Waals surface area contributed by atoms with Crippen LogP contribution in [-0.2, 0) is 4.74 Å². The summed E-state index contributed by atoms with van der Waals surface area (Å²) in [5.74, 6) is 0.274. The maximum atomic E-state index is 12.1. The van der Waals surface area contributed by atoms with Crippen molar-refractivity contribution < 1.29 is 9.13 Å². The van der Waals surface area contributed by atoms with Gasteiger partial charge >= 0.3 is 0 Å². The molecule has 0 fully saturated rings. The molecular weight excluding hydrogens is 215 g/mol. The van der Waals surface area contributed by atoms with Crippen molar-refractivity contribution >= 4 is 11.6 Å². The average molecular weight is 231 g/mol. The summed E-state index contributed by atoms with van der Waals surface area (Å²) in [7, 11) is 0. The highest BCUT2D eigenvalue weighted by Crippen LogP contribution is 2.30. The Bertz CT molecular complexity index is 301. The van der Waals surface area contributed by atoms with Crippen LogP contribution in [0.4, 0.5) is 4.39 Å². The van der Waals surface area contributed by atoms with E-state index in [1.54, 1.807) is 0 Å². The fourth-order valence-corrected chi connectivity index (χ4v) is 1.76. The minimum absolute atomic E-state index is 0.119. The molecule has 1 aromatic carbocycles. The Hall–Kier alpha value is -0.600. The van der Waals surface area contributed by atoms with E-state index in [4.69, 9.17) is 16.3 Å². The molecule has 0 saturated heterocycles. The van der Waals surface area contributed by atoms with Gasteiger partial charge in [0.25, 0.3) is 0 Å². The lowest BCUT2D eigenvalue weighted by atomic mass is 9.99. The minimum Gasteiger partial charge on any atom is -0.370 e. The maximum Gasteiger partial charge on any atom is 0.113 e. The Morgan fingerprint density at radius 3 is 2.53 bits per heavy atom. The largest absolute Gasteiger partial charge is 0.370 e. The highest BCUT2D eigenvalue weighted by Gasteiger charge is 2.18. The van der Waals surface area contributed by atoms with Gasteiger partial charge < -0.3 is 4.74 Å². The van der Waals surface area contributed by atoms with Gasteiger partial charge in [0.1, 0.15) is 6.67 Å². The second kappa shape index (κ2) is 6.09. The van der Waals surface area contributed by atoms with Crippen molar-refractivity contribution in [1.29, 1.82) is 0 Å². The van der Waals surface area contributed by atoms with E-state index >= 15 is 0 Å². The van der Waals surface area contributed by atoms with E-state index in [1.165, 1.54) is 0 Å². The third-order valence-corrected chi connectivity index (χ3v) is 2.54. The molecule has 84 valence electrons. The van der Waals surface area contributed by atoms with Crippen molar-refractivity contribution in [2.75, 3.05) is 13.3 Å². The molecule has 1 aromatic rings. The Kier molecular flexibility index (Phi) is 5.06. The molecule has 15 heavy (non-hydrogen) atoms. The number of ether oxygens (including phenoxy) is 1. The van der Waals surface area contributed by atoms with Gasteiger partial charge in [-0.25, -0.2) is 4.39 Å². The van der Waals surface area contributed by atoms with Crippen LogP contribution in [0, 0.1) is 5.92 Å². The van der Waals surface area contributed by atoms with Crippen LogP contribution in [0.25, 0.3) is 0 Å². The minimum atomic E-state index is -0.465. The molecule has 0 aliphatic carbocycles. The Morgan fingerprint density at radius 2 is 2.00 bits per heavy atom. The van der Waals surface area contributed by atoms with Gasteiger partial charge in [0.15, 0.2) is 0 Å². The molecule has 1 rings (SSSR count). The van der Waals surface area contributed by atoms with E-state index in [0.29, 0.717) is 5.02 Å². The third kappa shape index (κ3) is 3.47. The number of hydrogen-bond donors (Lipinski definition) is 0. The molecule has 0 amide bonds. The van der Waals surface area contributed by atoms with Gasteiger partial charge in [0.05, 0.1) is 12.7 Å². The summed E-state index contributed by atoms with van der Waals surface area (Å²) in [6.07, 6.45) is -0.130. The van der Waals surface area contributed by atoms with E-state index < -0.39 is 6.67 Å². The first-order chi connectivity index (χ1) is 7.16. The van der Waals surface area contributed by atoms with Gasteiger partial charge in [-0.05, 0) is 17.5 Å². The van der Waals surface area contributed by atoms with E-state index in [1.807, 2.05) is 38.1 Å². The lowest BCUT2D eigenvalue weighted by Gasteiger charge is -2.22. The van der Waals surface area contributed by atoms with Crippen molar-refractivity contribution in [2.45, 2.75) is 20.0 Å². The van der Waals surface area contributed by atoms with Crippen molar-refractivity contribution in [3.05, 3.63) is 34.9 Å². The summed E-state index contributed by atoms with van der Waals surface area (Å²) in [5, 5.41) is 0.676. The van der Waals surface area contributed by atoms with Gasteiger partial charge in [0, 0.05) is 5.02 Å². The fourth-order valence-electron chi connectivity index (χ4n) is 1.52. The van der Waals surface area contributed by atoms with Crippen LogP contribution in [-0.4, -0.2) is 13.3 Å². The predicted molar refractivity (Wildman–Crippen MR) is 61.0 cm³/mol.